The predicted molar refractivity (Wildman–Crippen MR) is 83.5 cm³/mol. The molecule has 0 aromatic heterocycles. The molecule has 20 heavy (non-hydrogen) atoms. The maximum absolute atomic E-state index is 11.6. The molecule has 2 aromatic rings. The smallest absolute Gasteiger partial charge is 0.257 e. The summed E-state index contributed by atoms with van der Waals surface area (Å²) in [6.07, 6.45) is 0. The van der Waals surface area contributed by atoms with Gasteiger partial charge in [0.25, 0.3) is 10.0 Å². The fourth-order valence-electron chi connectivity index (χ4n) is 1.55. The second-order valence-corrected chi connectivity index (χ2v) is 6.28. The van der Waals surface area contributed by atoms with E-state index in [-0.39, 0.29) is 4.91 Å². The van der Waals surface area contributed by atoms with Crippen LogP contribution >= 0.6 is 0 Å². The van der Waals surface area contributed by atoms with E-state index in [0.29, 0.717) is 5.69 Å². The molecule has 0 saturated heterocycles. The van der Waals surface area contributed by atoms with E-state index in [9.17, 15) is 8.42 Å². The van der Waals surface area contributed by atoms with E-state index in [2.05, 4.69) is 16.6 Å². The molecule has 0 heterocycles. The van der Waals surface area contributed by atoms with Crippen LogP contribution in [0.2, 0.25) is 0 Å². The highest BCUT2D eigenvalue weighted by molar-refractivity contribution is 7.96. The lowest BCUT2D eigenvalue weighted by molar-refractivity contribution is 0.607. The van der Waals surface area contributed by atoms with Gasteiger partial charge in [-0.2, -0.15) is 0 Å². The number of allylic oxidation sites excluding steroid dienone is 1. The molecule has 2 aromatic carbocycles. The molecule has 0 atom stereocenters. The summed E-state index contributed by atoms with van der Waals surface area (Å²) in [5, 5.41) is 3.22. The molecule has 0 radical (unpaired) electrons. The summed E-state index contributed by atoms with van der Waals surface area (Å²) in [6.45, 7) is 4.89. The number of rotatable bonds is 5. The zero-order chi connectivity index (χ0) is 14.6. The van der Waals surface area contributed by atoms with Crippen LogP contribution in [0.4, 0.5) is 17.1 Å². The van der Waals surface area contributed by atoms with Crippen molar-refractivity contribution in [3.8, 4) is 0 Å². The average molecular weight is 288 g/mol. The molecule has 0 aliphatic rings. The third-order valence-electron chi connectivity index (χ3n) is 2.66. The van der Waals surface area contributed by atoms with Crippen LogP contribution < -0.4 is 10.0 Å². The van der Waals surface area contributed by atoms with Gasteiger partial charge < -0.3 is 5.32 Å². The van der Waals surface area contributed by atoms with Crippen molar-refractivity contribution in [1.29, 1.82) is 0 Å². The second-order valence-electron chi connectivity index (χ2n) is 4.38. The average Bonchev–Trinajstić information content (AvgIpc) is 2.42. The number of hydrogen-bond acceptors (Lipinski definition) is 3. The SMILES string of the molecule is C=C(C)S(=O)(=O)Nc1ccc(Nc2ccccc2)cc1. The van der Waals surface area contributed by atoms with Gasteiger partial charge in [0.2, 0.25) is 0 Å². The van der Waals surface area contributed by atoms with Crippen molar-refractivity contribution in [3.05, 3.63) is 66.1 Å². The fraction of sp³-hybridized carbons (Fsp3) is 0.0667. The summed E-state index contributed by atoms with van der Waals surface area (Å²) in [4.78, 5) is 0.0870. The monoisotopic (exact) mass is 288 g/mol. The molecule has 0 fully saturated rings. The van der Waals surface area contributed by atoms with Crippen molar-refractivity contribution < 1.29 is 8.42 Å². The molecule has 0 spiro atoms. The lowest BCUT2D eigenvalue weighted by atomic mass is 10.2. The van der Waals surface area contributed by atoms with Crippen LogP contribution in [-0.2, 0) is 10.0 Å². The van der Waals surface area contributed by atoms with Gasteiger partial charge in [-0.15, -0.1) is 0 Å². The lowest BCUT2D eigenvalue weighted by Crippen LogP contribution is -2.12. The normalized spacial score (nSPS) is 10.8. The van der Waals surface area contributed by atoms with Gasteiger partial charge in [0.05, 0.1) is 4.91 Å². The Balaban J connectivity index is 2.09. The highest BCUT2D eigenvalue weighted by atomic mass is 32.2. The topological polar surface area (TPSA) is 58.2 Å². The summed E-state index contributed by atoms with van der Waals surface area (Å²) in [7, 11) is -3.49. The van der Waals surface area contributed by atoms with Gasteiger partial charge in [0.15, 0.2) is 0 Å². The van der Waals surface area contributed by atoms with Crippen LogP contribution in [0.25, 0.3) is 0 Å². The minimum atomic E-state index is -3.49. The van der Waals surface area contributed by atoms with E-state index in [1.54, 1.807) is 12.1 Å². The van der Waals surface area contributed by atoms with Crippen molar-refractivity contribution >= 4 is 27.1 Å². The maximum atomic E-state index is 11.6. The molecule has 0 aliphatic heterocycles. The van der Waals surface area contributed by atoms with Gasteiger partial charge >= 0.3 is 0 Å². The third kappa shape index (κ3) is 3.61. The quantitative estimate of drug-likeness (QED) is 0.882. The summed E-state index contributed by atoms with van der Waals surface area (Å²) in [6, 6.07) is 16.8. The van der Waals surface area contributed by atoms with Crippen molar-refractivity contribution in [2.45, 2.75) is 6.92 Å². The fourth-order valence-corrected chi connectivity index (χ4v) is 2.17. The second kappa shape index (κ2) is 5.79. The zero-order valence-corrected chi connectivity index (χ0v) is 11.9. The minimum Gasteiger partial charge on any atom is -0.356 e. The predicted octanol–water partition coefficient (Wildman–Crippen LogP) is 3.71. The van der Waals surface area contributed by atoms with E-state index in [4.69, 9.17) is 0 Å². The third-order valence-corrected chi connectivity index (χ3v) is 4.08. The first-order valence-corrected chi connectivity index (χ1v) is 7.56. The summed E-state index contributed by atoms with van der Waals surface area (Å²) in [5.74, 6) is 0. The van der Waals surface area contributed by atoms with Crippen molar-refractivity contribution in [1.82, 2.24) is 0 Å². The van der Waals surface area contributed by atoms with Crippen LogP contribution in [0, 0.1) is 0 Å². The minimum absolute atomic E-state index is 0.0870. The Bertz CT molecular complexity index is 692. The molecule has 104 valence electrons. The van der Waals surface area contributed by atoms with E-state index in [1.165, 1.54) is 6.92 Å². The Labute approximate surface area is 119 Å². The first-order chi connectivity index (χ1) is 9.47. The number of nitrogens with one attached hydrogen (secondary N) is 2. The first kappa shape index (κ1) is 14.1. The van der Waals surface area contributed by atoms with Gasteiger partial charge in [0, 0.05) is 17.1 Å². The lowest BCUT2D eigenvalue weighted by Gasteiger charge is -2.09. The molecule has 5 heteroatoms. The van der Waals surface area contributed by atoms with E-state index in [0.717, 1.165) is 11.4 Å². The van der Waals surface area contributed by atoms with Crippen LogP contribution in [-0.4, -0.2) is 8.42 Å². The Morgan fingerprint density at radius 2 is 1.40 bits per heavy atom. The number of anilines is 3. The molecule has 2 rings (SSSR count). The highest BCUT2D eigenvalue weighted by Gasteiger charge is 2.10. The Morgan fingerprint density at radius 1 is 0.900 bits per heavy atom. The first-order valence-electron chi connectivity index (χ1n) is 6.08. The van der Waals surface area contributed by atoms with Crippen LogP contribution in [0.15, 0.2) is 66.1 Å². The van der Waals surface area contributed by atoms with Gasteiger partial charge in [-0.3, -0.25) is 4.72 Å². The molecular weight excluding hydrogens is 272 g/mol. The zero-order valence-electron chi connectivity index (χ0n) is 11.1. The van der Waals surface area contributed by atoms with E-state index >= 15 is 0 Å². The van der Waals surface area contributed by atoms with Crippen molar-refractivity contribution in [2.75, 3.05) is 10.0 Å². The molecule has 0 unspecified atom stereocenters. The van der Waals surface area contributed by atoms with E-state index in [1.807, 2.05) is 42.5 Å². The van der Waals surface area contributed by atoms with Gasteiger partial charge in [-0.05, 0) is 43.3 Å². The molecule has 0 aliphatic carbocycles. The Hall–Kier alpha value is -2.27. The molecule has 0 amide bonds. The van der Waals surface area contributed by atoms with E-state index < -0.39 is 10.0 Å². The number of benzene rings is 2. The Morgan fingerprint density at radius 3 is 1.95 bits per heavy atom. The van der Waals surface area contributed by atoms with Gasteiger partial charge in [-0.25, -0.2) is 8.42 Å². The molecular formula is C15H16N2O2S. The van der Waals surface area contributed by atoms with Crippen molar-refractivity contribution in [3.63, 3.8) is 0 Å². The summed E-state index contributed by atoms with van der Waals surface area (Å²) >= 11 is 0. The summed E-state index contributed by atoms with van der Waals surface area (Å²) in [5.41, 5.74) is 2.36. The van der Waals surface area contributed by atoms with Crippen LogP contribution in [0.3, 0.4) is 0 Å². The molecule has 2 N–H and O–H groups in total. The summed E-state index contributed by atoms with van der Waals surface area (Å²) < 4.78 is 25.8. The standard InChI is InChI=1S/C15H16N2O2S/c1-12(2)20(18,19)17-15-10-8-14(9-11-15)16-13-6-4-3-5-7-13/h3-11,16-17H,1H2,2H3. The number of hydrogen-bond donors (Lipinski definition) is 2. The van der Waals surface area contributed by atoms with Crippen molar-refractivity contribution in [2.24, 2.45) is 0 Å². The number of para-hydroxylation sites is 1. The van der Waals surface area contributed by atoms with Gasteiger partial charge in [0.1, 0.15) is 0 Å². The Kier molecular flexibility index (Phi) is 4.10. The van der Waals surface area contributed by atoms with Gasteiger partial charge in [-0.1, -0.05) is 24.8 Å². The molecule has 0 bridgehead atoms. The largest absolute Gasteiger partial charge is 0.356 e. The van der Waals surface area contributed by atoms with Crippen LogP contribution in [0.5, 0.6) is 0 Å². The molecule has 0 saturated carbocycles. The molecule has 4 nitrogen and oxygen atoms in total. The highest BCUT2D eigenvalue weighted by Crippen LogP contribution is 2.20. The number of sulfonamides is 1. The van der Waals surface area contributed by atoms with Crippen LogP contribution in [0.1, 0.15) is 6.92 Å². The maximum Gasteiger partial charge on any atom is 0.257 e.